The van der Waals surface area contributed by atoms with Gasteiger partial charge in [-0.2, -0.15) is 0 Å². The predicted molar refractivity (Wildman–Crippen MR) is 151 cm³/mol. The monoisotopic (exact) mass is 536 g/mol. The van der Waals surface area contributed by atoms with Crippen LogP contribution in [-0.4, -0.2) is 9.38 Å². The van der Waals surface area contributed by atoms with Crippen molar-refractivity contribution in [3.8, 4) is 11.1 Å². The van der Waals surface area contributed by atoms with Crippen LogP contribution >= 0.6 is 24.0 Å². The average Bonchev–Trinajstić information content (AvgIpc) is 3.50. The minimum absolute atomic E-state index is 0. The van der Waals surface area contributed by atoms with E-state index in [1.807, 2.05) is 0 Å². The van der Waals surface area contributed by atoms with Gasteiger partial charge in [-0.25, -0.2) is 0 Å². The van der Waals surface area contributed by atoms with Crippen molar-refractivity contribution in [3.05, 3.63) is 96.2 Å². The summed E-state index contributed by atoms with van der Waals surface area (Å²) < 4.78 is 2.44. The van der Waals surface area contributed by atoms with E-state index < -0.39 is 0 Å². The summed E-state index contributed by atoms with van der Waals surface area (Å²) in [5.74, 6) is 0. The Morgan fingerprint density at radius 3 is 2.30 bits per heavy atom. The zero-order valence-electron chi connectivity index (χ0n) is 17.9. The summed E-state index contributed by atoms with van der Waals surface area (Å²) in [6.07, 6.45) is 6.73. The Balaban J connectivity index is 0.00000190. The van der Waals surface area contributed by atoms with Gasteiger partial charge in [0.25, 0.3) is 0 Å². The van der Waals surface area contributed by atoms with Crippen LogP contribution in [0.3, 0.4) is 0 Å². The molecule has 7 aromatic rings. The summed E-state index contributed by atoms with van der Waals surface area (Å²) >= 11 is 0. The third-order valence-electron chi connectivity index (χ3n) is 7.34. The molecule has 0 aliphatic heterocycles. The Kier molecular flexibility index (Phi) is 3.98. The van der Waals surface area contributed by atoms with Crippen molar-refractivity contribution >= 4 is 79.1 Å². The number of rotatable bonds is 1. The smallest absolute Gasteiger partial charge is 0.0620 e. The quantitative estimate of drug-likeness (QED) is 0.203. The Labute approximate surface area is 207 Å². The molecule has 4 aromatic carbocycles. The molecule has 2 nitrogen and oxygen atoms in total. The maximum atomic E-state index is 3.58. The topological polar surface area (TPSA) is 20.2 Å². The van der Waals surface area contributed by atoms with Crippen LogP contribution in [-0.2, 0) is 6.42 Å². The normalized spacial score (nSPS) is 13.5. The zero-order chi connectivity index (χ0) is 20.8. The fraction of sp³-hybridized carbons (Fsp3) is 0.0667. The molecule has 3 heterocycles. The first-order chi connectivity index (χ1) is 15.9. The van der Waals surface area contributed by atoms with Crippen molar-refractivity contribution < 1.29 is 0 Å². The number of nitrogens with zero attached hydrogens (tertiary/aromatic N) is 1. The molecule has 3 heteroatoms. The summed E-state index contributed by atoms with van der Waals surface area (Å²) in [6, 6.07) is 29.3. The van der Waals surface area contributed by atoms with E-state index in [-0.39, 0.29) is 24.0 Å². The van der Waals surface area contributed by atoms with Gasteiger partial charge in [0, 0.05) is 38.1 Å². The van der Waals surface area contributed by atoms with E-state index in [0.29, 0.717) is 0 Å². The number of nitrogens with one attached hydrogen (secondary N) is 1. The summed E-state index contributed by atoms with van der Waals surface area (Å²) in [5.41, 5.74) is 10.4. The van der Waals surface area contributed by atoms with E-state index in [1.54, 1.807) is 0 Å². The van der Waals surface area contributed by atoms with E-state index in [0.717, 1.165) is 12.8 Å². The molecule has 0 radical (unpaired) electrons. The Morgan fingerprint density at radius 2 is 1.39 bits per heavy atom. The summed E-state index contributed by atoms with van der Waals surface area (Å²) in [4.78, 5) is 3.58. The number of fused-ring (bicyclic) bond motifs is 9. The van der Waals surface area contributed by atoms with Gasteiger partial charge < -0.3 is 9.38 Å². The number of benzene rings is 4. The molecule has 1 aliphatic rings. The minimum atomic E-state index is 0. The van der Waals surface area contributed by atoms with Gasteiger partial charge in [0.15, 0.2) is 0 Å². The van der Waals surface area contributed by atoms with Gasteiger partial charge in [0.1, 0.15) is 0 Å². The second-order valence-corrected chi connectivity index (χ2v) is 9.00. The fourth-order valence-corrected chi connectivity index (χ4v) is 5.90. The molecule has 0 spiro atoms. The van der Waals surface area contributed by atoms with Crippen LogP contribution in [0.1, 0.15) is 17.7 Å². The van der Waals surface area contributed by atoms with E-state index in [2.05, 4.69) is 100 Å². The highest BCUT2D eigenvalue weighted by Crippen LogP contribution is 2.40. The fourth-order valence-electron chi connectivity index (χ4n) is 5.90. The molecule has 33 heavy (non-hydrogen) atoms. The summed E-state index contributed by atoms with van der Waals surface area (Å²) in [5, 5.41) is 6.69. The van der Waals surface area contributed by atoms with Gasteiger partial charge in [-0.3, -0.25) is 0 Å². The lowest BCUT2D eigenvalue weighted by atomic mass is 9.97. The average molecular weight is 536 g/mol. The highest BCUT2D eigenvalue weighted by molar-refractivity contribution is 14.0. The molecule has 0 bridgehead atoms. The second-order valence-electron chi connectivity index (χ2n) is 9.00. The van der Waals surface area contributed by atoms with Gasteiger partial charge >= 0.3 is 0 Å². The van der Waals surface area contributed by atoms with E-state index >= 15 is 0 Å². The molecule has 0 saturated heterocycles. The first kappa shape index (κ1) is 19.2. The highest BCUT2D eigenvalue weighted by atomic mass is 127. The van der Waals surface area contributed by atoms with E-state index in [1.165, 1.54) is 71.4 Å². The molecule has 1 N–H and O–H groups in total. The van der Waals surface area contributed by atoms with Gasteiger partial charge in [0.05, 0.1) is 16.6 Å². The standard InChI is InChI=1S/C30H20N2.HI/c1-3-10-26-20(6-1)24-16-18(12-14-27(24)31-26)19-13-15-29-25(17-19)23-9-5-8-22-21-7-2-4-11-28(21)32(29)30(22)23;/h2-5,7-17,31H,1,6H2;1H. The highest BCUT2D eigenvalue weighted by Gasteiger charge is 2.18. The summed E-state index contributed by atoms with van der Waals surface area (Å²) in [7, 11) is 0. The molecule has 0 atom stereocenters. The molecule has 1 aliphatic carbocycles. The van der Waals surface area contributed by atoms with E-state index in [4.69, 9.17) is 0 Å². The number of hydrogen-bond acceptors (Lipinski definition) is 0. The third-order valence-corrected chi connectivity index (χ3v) is 7.34. The molecule has 0 amide bonds. The number of H-pyrrole nitrogens is 1. The van der Waals surface area contributed by atoms with Gasteiger partial charge in [0.2, 0.25) is 0 Å². The number of aromatic amines is 1. The number of aromatic nitrogens is 2. The van der Waals surface area contributed by atoms with Crippen molar-refractivity contribution in [2.45, 2.75) is 12.8 Å². The maximum absolute atomic E-state index is 3.58. The van der Waals surface area contributed by atoms with Gasteiger partial charge in [-0.1, -0.05) is 54.6 Å². The molecule has 0 unspecified atom stereocenters. The Morgan fingerprint density at radius 1 is 0.667 bits per heavy atom. The van der Waals surface area contributed by atoms with Gasteiger partial charge in [-0.05, 0) is 65.9 Å². The minimum Gasteiger partial charge on any atom is -0.355 e. The van der Waals surface area contributed by atoms with Crippen molar-refractivity contribution in [1.82, 2.24) is 9.38 Å². The Hall–Kier alpha value is -3.31. The number of halogens is 1. The molecular weight excluding hydrogens is 515 g/mol. The molecular formula is C30H21IN2. The van der Waals surface area contributed by atoms with Crippen LogP contribution in [0, 0.1) is 0 Å². The van der Waals surface area contributed by atoms with Crippen LogP contribution < -0.4 is 0 Å². The lowest BCUT2D eigenvalue weighted by Gasteiger charge is -2.07. The zero-order valence-corrected chi connectivity index (χ0v) is 20.3. The lowest BCUT2D eigenvalue weighted by Crippen LogP contribution is -1.90. The molecule has 0 fully saturated rings. The van der Waals surface area contributed by atoms with Crippen molar-refractivity contribution in [2.24, 2.45) is 0 Å². The number of hydrogen-bond donors (Lipinski definition) is 1. The van der Waals surface area contributed by atoms with Crippen LogP contribution in [0.25, 0.3) is 66.2 Å². The predicted octanol–water partition coefficient (Wildman–Crippen LogP) is 8.56. The SMILES string of the molecule is C1=Cc2[nH]c3ccc(-c4ccc5c(c4)c4cccc6c7ccccc7n5c64)cc3c2CC1.I. The largest absolute Gasteiger partial charge is 0.355 e. The van der Waals surface area contributed by atoms with Crippen LogP contribution in [0.4, 0.5) is 0 Å². The second kappa shape index (κ2) is 6.84. The molecule has 158 valence electrons. The van der Waals surface area contributed by atoms with E-state index in [9.17, 15) is 0 Å². The Bertz CT molecular complexity index is 1880. The molecule has 0 saturated carbocycles. The lowest BCUT2D eigenvalue weighted by molar-refractivity contribution is 0.992. The number of allylic oxidation sites excluding steroid dienone is 1. The first-order valence-corrected chi connectivity index (χ1v) is 11.4. The van der Waals surface area contributed by atoms with Crippen molar-refractivity contribution in [2.75, 3.05) is 0 Å². The maximum Gasteiger partial charge on any atom is 0.0620 e. The van der Waals surface area contributed by atoms with Crippen LogP contribution in [0.5, 0.6) is 0 Å². The number of aryl methyl sites for hydroxylation is 1. The number of para-hydroxylation sites is 2. The molecule has 8 rings (SSSR count). The van der Waals surface area contributed by atoms with Crippen LogP contribution in [0.2, 0.25) is 0 Å². The third kappa shape index (κ3) is 2.48. The van der Waals surface area contributed by atoms with Crippen molar-refractivity contribution in [1.29, 1.82) is 0 Å². The molecule has 3 aromatic heterocycles. The van der Waals surface area contributed by atoms with Gasteiger partial charge in [-0.15, -0.1) is 24.0 Å². The first-order valence-electron chi connectivity index (χ1n) is 11.4. The summed E-state index contributed by atoms with van der Waals surface area (Å²) in [6.45, 7) is 0. The van der Waals surface area contributed by atoms with Crippen molar-refractivity contribution in [3.63, 3.8) is 0 Å². The van der Waals surface area contributed by atoms with Crippen LogP contribution in [0.15, 0.2) is 84.9 Å².